The fraction of sp³-hybridized carbons (Fsp3) is 0.350. The number of carbonyl (C=O) groups excluding carboxylic acids is 1. The highest BCUT2D eigenvalue weighted by Crippen LogP contribution is 2.35. The fourth-order valence-corrected chi connectivity index (χ4v) is 4.83. The molecule has 5 nitrogen and oxygen atoms in total. The van der Waals surface area contributed by atoms with Crippen molar-refractivity contribution in [2.75, 3.05) is 0 Å². The number of nitrogens with one attached hydrogen (secondary N) is 1. The molecule has 1 amide bonds. The van der Waals surface area contributed by atoms with Crippen LogP contribution in [0.2, 0.25) is 0 Å². The van der Waals surface area contributed by atoms with Crippen LogP contribution in [0.15, 0.2) is 35.4 Å². The maximum absolute atomic E-state index is 12.9. The van der Waals surface area contributed by atoms with Gasteiger partial charge in [-0.05, 0) is 48.4 Å². The largest absolute Gasteiger partial charge is 0.350 e. The van der Waals surface area contributed by atoms with E-state index in [1.807, 2.05) is 0 Å². The van der Waals surface area contributed by atoms with Crippen molar-refractivity contribution in [2.24, 2.45) is 5.92 Å². The fourth-order valence-electron chi connectivity index (χ4n) is 3.49. The second kappa shape index (κ2) is 7.23. The number of aromatic nitrogens is 2. The van der Waals surface area contributed by atoms with Gasteiger partial charge in [-0.25, -0.2) is 9.37 Å². The van der Waals surface area contributed by atoms with Gasteiger partial charge in [0.05, 0.1) is 11.7 Å². The minimum atomic E-state index is -0.315. The Labute approximate surface area is 159 Å². The molecule has 0 radical (unpaired) electrons. The number of halogens is 1. The minimum absolute atomic E-state index is 0.0794. The summed E-state index contributed by atoms with van der Waals surface area (Å²) in [4.78, 5) is 31.6. The summed E-state index contributed by atoms with van der Waals surface area (Å²) in [5, 5.41) is 3.43. The SMILES string of the molecule is CC1CCc2c(sc3ncn(CC(=O)NCc4ccc(F)cc4)c(=O)c23)C1. The third kappa shape index (κ3) is 3.64. The highest BCUT2D eigenvalue weighted by molar-refractivity contribution is 7.18. The van der Waals surface area contributed by atoms with E-state index in [0.29, 0.717) is 11.3 Å². The Morgan fingerprint density at radius 2 is 2.15 bits per heavy atom. The number of benzene rings is 1. The molecular formula is C20H20FN3O2S. The summed E-state index contributed by atoms with van der Waals surface area (Å²) in [6, 6.07) is 5.94. The molecule has 140 valence electrons. The summed E-state index contributed by atoms with van der Waals surface area (Å²) >= 11 is 1.60. The normalized spacial score (nSPS) is 16.3. The van der Waals surface area contributed by atoms with E-state index in [0.717, 1.165) is 35.2 Å². The van der Waals surface area contributed by atoms with Crippen LogP contribution in [0, 0.1) is 11.7 Å². The Balaban J connectivity index is 1.52. The number of nitrogens with zero attached hydrogens (tertiary/aromatic N) is 2. The van der Waals surface area contributed by atoms with Crippen molar-refractivity contribution in [1.29, 1.82) is 0 Å². The van der Waals surface area contributed by atoms with Crippen LogP contribution in [0.4, 0.5) is 4.39 Å². The molecule has 2 aromatic heterocycles. The summed E-state index contributed by atoms with van der Waals surface area (Å²) in [6.07, 6.45) is 4.42. The molecule has 1 aliphatic carbocycles. The summed E-state index contributed by atoms with van der Waals surface area (Å²) in [5.74, 6) is 0.0369. The monoisotopic (exact) mass is 385 g/mol. The second-order valence-corrected chi connectivity index (χ2v) is 8.20. The van der Waals surface area contributed by atoms with Crippen LogP contribution in [0.3, 0.4) is 0 Å². The lowest BCUT2D eigenvalue weighted by molar-refractivity contribution is -0.121. The second-order valence-electron chi connectivity index (χ2n) is 7.11. The average molecular weight is 385 g/mol. The highest BCUT2D eigenvalue weighted by Gasteiger charge is 2.23. The number of amides is 1. The van der Waals surface area contributed by atoms with Crippen molar-refractivity contribution in [3.8, 4) is 0 Å². The Morgan fingerprint density at radius 3 is 2.93 bits per heavy atom. The van der Waals surface area contributed by atoms with E-state index in [4.69, 9.17) is 0 Å². The van der Waals surface area contributed by atoms with E-state index < -0.39 is 0 Å². The Morgan fingerprint density at radius 1 is 1.37 bits per heavy atom. The molecule has 4 rings (SSSR count). The van der Waals surface area contributed by atoms with E-state index >= 15 is 0 Å². The van der Waals surface area contributed by atoms with Gasteiger partial charge in [0.25, 0.3) is 5.56 Å². The van der Waals surface area contributed by atoms with Crippen molar-refractivity contribution in [3.63, 3.8) is 0 Å². The summed E-state index contributed by atoms with van der Waals surface area (Å²) in [5.41, 5.74) is 1.77. The van der Waals surface area contributed by atoms with Crippen LogP contribution in [0.25, 0.3) is 10.2 Å². The predicted octanol–water partition coefficient (Wildman–Crippen LogP) is 3.04. The molecule has 7 heteroatoms. The standard InChI is InChI=1S/C20H20FN3O2S/c1-12-2-7-15-16(8-12)27-19-18(15)20(26)24(11-23-19)10-17(25)22-9-13-3-5-14(21)6-4-13/h3-6,11-12H,2,7-10H2,1H3,(H,22,25). The number of carbonyl (C=O) groups is 1. The molecule has 27 heavy (non-hydrogen) atoms. The molecule has 0 bridgehead atoms. The molecule has 0 saturated heterocycles. The molecule has 1 N–H and O–H groups in total. The van der Waals surface area contributed by atoms with Gasteiger partial charge in [-0.1, -0.05) is 19.1 Å². The van der Waals surface area contributed by atoms with Gasteiger partial charge >= 0.3 is 0 Å². The topological polar surface area (TPSA) is 64.0 Å². The number of thiophene rings is 1. The van der Waals surface area contributed by atoms with Crippen LogP contribution in [0.5, 0.6) is 0 Å². The first-order valence-electron chi connectivity index (χ1n) is 9.02. The van der Waals surface area contributed by atoms with E-state index in [-0.39, 0.29) is 30.4 Å². The maximum atomic E-state index is 12.9. The van der Waals surface area contributed by atoms with Crippen molar-refractivity contribution >= 4 is 27.5 Å². The molecular weight excluding hydrogens is 365 g/mol. The first-order chi connectivity index (χ1) is 13.0. The molecule has 2 heterocycles. The molecule has 0 saturated carbocycles. The predicted molar refractivity (Wildman–Crippen MR) is 103 cm³/mol. The average Bonchev–Trinajstić information content (AvgIpc) is 3.01. The quantitative estimate of drug-likeness (QED) is 0.751. The van der Waals surface area contributed by atoms with E-state index in [1.54, 1.807) is 23.5 Å². The first-order valence-corrected chi connectivity index (χ1v) is 9.83. The van der Waals surface area contributed by atoms with Crippen LogP contribution in [-0.2, 0) is 30.7 Å². The Kier molecular flexibility index (Phi) is 4.78. The highest BCUT2D eigenvalue weighted by atomic mass is 32.1. The number of hydrogen-bond acceptors (Lipinski definition) is 4. The molecule has 0 aliphatic heterocycles. The van der Waals surface area contributed by atoms with Crippen LogP contribution >= 0.6 is 11.3 Å². The molecule has 1 unspecified atom stereocenters. The minimum Gasteiger partial charge on any atom is -0.350 e. The number of aryl methyl sites for hydroxylation is 1. The van der Waals surface area contributed by atoms with Gasteiger partial charge in [-0.3, -0.25) is 14.2 Å². The van der Waals surface area contributed by atoms with Gasteiger partial charge < -0.3 is 5.32 Å². The van der Waals surface area contributed by atoms with Crippen molar-refractivity contribution < 1.29 is 9.18 Å². The summed E-state index contributed by atoms with van der Waals surface area (Å²) in [7, 11) is 0. The lowest BCUT2D eigenvalue weighted by Gasteiger charge is -2.17. The molecule has 1 atom stereocenters. The van der Waals surface area contributed by atoms with Gasteiger partial charge in [0, 0.05) is 11.4 Å². The molecule has 0 spiro atoms. The Bertz CT molecular complexity index is 1060. The first kappa shape index (κ1) is 17.9. The number of fused-ring (bicyclic) bond motifs is 3. The van der Waals surface area contributed by atoms with Gasteiger partial charge in [-0.2, -0.15) is 0 Å². The van der Waals surface area contributed by atoms with E-state index in [2.05, 4.69) is 17.2 Å². The van der Waals surface area contributed by atoms with Crippen molar-refractivity contribution in [2.45, 2.75) is 39.3 Å². The lowest BCUT2D eigenvalue weighted by atomic mass is 9.89. The van der Waals surface area contributed by atoms with Crippen molar-refractivity contribution in [3.05, 3.63) is 62.8 Å². The van der Waals surface area contributed by atoms with Gasteiger partial charge in [0.2, 0.25) is 5.91 Å². The molecule has 3 aromatic rings. The summed E-state index contributed by atoms with van der Waals surface area (Å²) < 4.78 is 14.3. The van der Waals surface area contributed by atoms with Crippen LogP contribution in [0.1, 0.15) is 29.3 Å². The van der Waals surface area contributed by atoms with Gasteiger partial charge in [0.1, 0.15) is 17.2 Å². The maximum Gasteiger partial charge on any atom is 0.262 e. The zero-order chi connectivity index (χ0) is 19.0. The summed E-state index contributed by atoms with van der Waals surface area (Å²) in [6.45, 7) is 2.43. The molecule has 1 aromatic carbocycles. The van der Waals surface area contributed by atoms with Crippen LogP contribution in [-0.4, -0.2) is 15.5 Å². The van der Waals surface area contributed by atoms with E-state index in [9.17, 15) is 14.0 Å². The zero-order valence-corrected chi connectivity index (χ0v) is 15.8. The number of hydrogen-bond donors (Lipinski definition) is 1. The molecule has 1 aliphatic rings. The zero-order valence-electron chi connectivity index (χ0n) is 15.0. The van der Waals surface area contributed by atoms with Gasteiger partial charge in [0.15, 0.2) is 0 Å². The third-order valence-corrected chi connectivity index (χ3v) is 6.16. The number of rotatable bonds is 4. The van der Waals surface area contributed by atoms with Crippen LogP contribution < -0.4 is 10.9 Å². The Hall–Kier alpha value is -2.54. The molecule has 0 fully saturated rings. The van der Waals surface area contributed by atoms with E-state index in [1.165, 1.54) is 27.9 Å². The third-order valence-electron chi connectivity index (χ3n) is 5.00. The van der Waals surface area contributed by atoms with Crippen molar-refractivity contribution in [1.82, 2.24) is 14.9 Å². The van der Waals surface area contributed by atoms with Gasteiger partial charge in [-0.15, -0.1) is 11.3 Å². The lowest BCUT2D eigenvalue weighted by Crippen LogP contribution is -2.32. The smallest absolute Gasteiger partial charge is 0.262 e.